The standard InChI is InChI=1S/C18H33NO2/c1-4-21-17(20)14-18(19-12-5-6-13-19)10-7-8-16(9-11-18)15(2)3/h15-16H,4-14H2,1-3H3. The van der Waals surface area contributed by atoms with Crippen LogP contribution in [0, 0.1) is 11.8 Å². The van der Waals surface area contributed by atoms with Gasteiger partial charge in [-0.05, 0) is 64.0 Å². The first-order chi connectivity index (χ1) is 10.1. The second-order valence-corrected chi connectivity index (χ2v) is 7.34. The largest absolute Gasteiger partial charge is 0.466 e. The van der Waals surface area contributed by atoms with Crippen LogP contribution >= 0.6 is 0 Å². The number of rotatable bonds is 5. The molecule has 0 bridgehead atoms. The molecule has 2 atom stereocenters. The van der Waals surface area contributed by atoms with Gasteiger partial charge >= 0.3 is 5.97 Å². The number of carbonyl (C=O) groups is 1. The molecule has 1 heterocycles. The van der Waals surface area contributed by atoms with E-state index in [0.29, 0.717) is 13.0 Å². The Morgan fingerprint density at radius 1 is 1.19 bits per heavy atom. The highest BCUT2D eigenvalue weighted by Crippen LogP contribution is 2.41. The lowest BCUT2D eigenvalue weighted by atomic mass is 9.83. The first kappa shape index (κ1) is 16.8. The molecule has 0 radical (unpaired) electrons. The molecule has 21 heavy (non-hydrogen) atoms. The maximum Gasteiger partial charge on any atom is 0.307 e. The van der Waals surface area contributed by atoms with E-state index < -0.39 is 0 Å². The molecule has 1 saturated heterocycles. The summed E-state index contributed by atoms with van der Waals surface area (Å²) in [4.78, 5) is 14.8. The number of hydrogen-bond donors (Lipinski definition) is 0. The normalized spacial score (nSPS) is 31.3. The molecule has 0 aromatic carbocycles. The lowest BCUT2D eigenvalue weighted by Crippen LogP contribution is -2.48. The van der Waals surface area contributed by atoms with Crippen LogP contribution < -0.4 is 0 Å². The van der Waals surface area contributed by atoms with Gasteiger partial charge in [0.1, 0.15) is 0 Å². The molecule has 3 nitrogen and oxygen atoms in total. The van der Waals surface area contributed by atoms with E-state index in [1.165, 1.54) is 58.0 Å². The Bertz CT molecular complexity index is 336. The summed E-state index contributed by atoms with van der Waals surface area (Å²) in [6.45, 7) is 9.45. The average Bonchev–Trinajstić information content (AvgIpc) is 2.89. The van der Waals surface area contributed by atoms with Crippen LogP contribution in [0.1, 0.15) is 72.1 Å². The topological polar surface area (TPSA) is 29.5 Å². The molecule has 2 fully saturated rings. The van der Waals surface area contributed by atoms with E-state index in [0.717, 1.165) is 11.8 Å². The summed E-state index contributed by atoms with van der Waals surface area (Å²) in [5.74, 6) is 1.60. The van der Waals surface area contributed by atoms with Gasteiger partial charge in [0.05, 0.1) is 13.0 Å². The van der Waals surface area contributed by atoms with Gasteiger partial charge in [-0.25, -0.2) is 0 Å². The van der Waals surface area contributed by atoms with Gasteiger partial charge in [0.25, 0.3) is 0 Å². The van der Waals surface area contributed by atoms with E-state index >= 15 is 0 Å². The molecule has 2 rings (SSSR count). The Morgan fingerprint density at radius 3 is 2.52 bits per heavy atom. The molecule has 0 aromatic heterocycles. The molecule has 1 saturated carbocycles. The number of hydrogen-bond acceptors (Lipinski definition) is 3. The van der Waals surface area contributed by atoms with E-state index in [2.05, 4.69) is 18.7 Å². The lowest BCUT2D eigenvalue weighted by Gasteiger charge is -2.41. The summed E-state index contributed by atoms with van der Waals surface area (Å²) in [6, 6.07) is 0. The van der Waals surface area contributed by atoms with Gasteiger partial charge in [0.15, 0.2) is 0 Å². The van der Waals surface area contributed by atoms with Crippen LogP contribution in [0.5, 0.6) is 0 Å². The number of likely N-dealkylation sites (tertiary alicyclic amines) is 1. The van der Waals surface area contributed by atoms with Crippen LogP contribution in [0.3, 0.4) is 0 Å². The molecule has 122 valence electrons. The van der Waals surface area contributed by atoms with Crippen LogP contribution in [0.15, 0.2) is 0 Å². The zero-order chi connectivity index (χ0) is 15.3. The molecular formula is C18H33NO2. The van der Waals surface area contributed by atoms with Crippen LogP contribution in [0.25, 0.3) is 0 Å². The Morgan fingerprint density at radius 2 is 1.90 bits per heavy atom. The van der Waals surface area contributed by atoms with E-state index in [4.69, 9.17) is 4.74 Å². The van der Waals surface area contributed by atoms with E-state index in [9.17, 15) is 4.79 Å². The van der Waals surface area contributed by atoms with Crippen molar-refractivity contribution in [3.05, 3.63) is 0 Å². The predicted molar refractivity (Wildman–Crippen MR) is 86.2 cm³/mol. The summed E-state index contributed by atoms with van der Waals surface area (Å²) < 4.78 is 5.28. The first-order valence-electron chi connectivity index (χ1n) is 8.98. The SMILES string of the molecule is CCOC(=O)CC1(N2CCCC2)CCCC(C(C)C)CC1. The predicted octanol–water partition coefficient (Wildman–Crippen LogP) is 4.01. The number of ether oxygens (including phenoxy) is 1. The van der Waals surface area contributed by atoms with Crippen LogP contribution in [0.4, 0.5) is 0 Å². The van der Waals surface area contributed by atoms with Gasteiger partial charge in [0.2, 0.25) is 0 Å². The van der Waals surface area contributed by atoms with E-state index in [1.807, 2.05) is 6.92 Å². The Balaban J connectivity index is 2.09. The van der Waals surface area contributed by atoms with Crippen molar-refractivity contribution >= 4 is 5.97 Å². The minimum absolute atomic E-state index is 0.00685. The molecule has 1 aliphatic heterocycles. The highest BCUT2D eigenvalue weighted by Gasteiger charge is 2.41. The molecule has 2 aliphatic rings. The maximum atomic E-state index is 12.2. The average molecular weight is 295 g/mol. The molecule has 0 amide bonds. The van der Waals surface area contributed by atoms with Crippen LogP contribution in [-0.4, -0.2) is 36.1 Å². The van der Waals surface area contributed by atoms with Crippen molar-refractivity contribution in [3.63, 3.8) is 0 Å². The van der Waals surface area contributed by atoms with Gasteiger partial charge < -0.3 is 4.74 Å². The van der Waals surface area contributed by atoms with Crippen LogP contribution in [-0.2, 0) is 9.53 Å². The third-order valence-electron chi connectivity index (χ3n) is 5.70. The second kappa shape index (κ2) is 7.62. The molecule has 0 spiro atoms. The van der Waals surface area contributed by atoms with Crippen LogP contribution in [0.2, 0.25) is 0 Å². The molecule has 2 unspecified atom stereocenters. The Hall–Kier alpha value is -0.570. The number of esters is 1. The number of nitrogens with zero attached hydrogens (tertiary/aromatic N) is 1. The highest BCUT2D eigenvalue weighted by molar-refractivity contribution is 5.71. The second-order valence-electron chi connectivity index (χ2n) is 7.34. The van der Waals surface area contributed by atoms with Gasteiger partial charge in [-0.3, -0.25) is 9.69 Å². The van der Waals surface area contributed by atoms with E-state index in [1.54, 1.807) is 0 Å². The fourth-order valence-electron chi connectivity index (χ4n) is 4.36. The van der Waals surface area contributed by atoms with Crippen molar-refractivity contribution in [2.75, 3.05) is 19.7 Å². The first-order valence-corrected chi connectivity index (χ1v) is 8.98. The van der Waals surface area contributed by atoms with Crippen molar-refractivity contribution in [2.24, 2.45) is 11.8 Å². The fraction of sp³-hybridized carbons (Fsp3) is 0.944. The molecule has 1 aliphatic carbocycles. The Kier molecular flexibility index (Phi) is 6.09. The van der Waals surface area contributed by atoms with E-state index in [-0.39, 0.29) is 11.5 Å². The minimum Gasteiger partial charge on any atom is -0.466 e. The minimum atomic E-state index is 0.00685. The molecule has 0 aromatic rings. The smallest absolute Gasteiger partial charge is 0.307 e. The van der Waals surface area contributed by atoms with Crippen molar-refractivity contribution in [1.82, 2.24) is 4.90 Å². The third-order valence-corrected chi connectivity index (χ3v) is 5.70. The van der Waals surface area contributed by atoms with Crippen molar-refractivity contribution in [1.29, 1.82) is 0 Å². The zero-order valence-corrected chi connectivity index (χ0v) is 14.2. The van der Waals surface area contributed by atoms with Crippen molar-refractivity contribution in [3.8, 4) is 0 Å². The van der Waals surface area contributed by atoms with Gasteiger partial charge in [0, 0.05) is 5.54 Å². The summed E-state index contributed by atoms with van der Waals surface area (Å²) in [5.41, 5.74) is 0.0897. The fourth-order valence-corrected chi connectivity index (χ4v) is 4.36. The maximum absolute atomic E-state index is 12.2. The molecule has 0 N–H and O–H groups in total. The summed E-state index contributed by atoms with van der Waals surface area (Å²) in [7, 11) is 0. The summed E-state index contributed by atoms with van der Waals surface area (Å²) >= 11 is 0. The summed E-state index contributed by atoms with van der Waals surface area (Å²) in [6.07, 6.45) is 9.40. The zero-order valence-electron chi connectivity index (χ0n) is 14.2. The molecule has 3 heteroatoms. The monoisotopic (exact) mass is 295 g/mol. The highest BCUT2D eigenvalue weighted by atomic mass is 16.5. The third kappa shape index (κ3) is 4.21. The van der Waals surface area contributed by atoms with Gasteiger partial charge in [-0.2, -0.15) is 0 Å². The quantitative estimate of drug-likeness (QED) is 0.567. The molecular weight excluding hydrogens is 262 g/mol. The lowest BCUT2D eigenvalue weighted by molar-refractivity contribution is -0.146. The summed E-state index contributed by atoms with van der Waals surface area (Å²) in [5, 5.41) is 0. The number of carbonyl (C=O) groups excluding carboxylic acids is 1. The van der Waals surface area contributed by atoms with Gasteiger partial charge in [-0.1, -0.05) is 26.7 Å². The van der Waals surface area contributed by atoms with Crippen molar-refractivity contribution in [2.45, 2.75) is 77.7 Å². The van der Waals surface area contributed by atoms with Gasteiger partial charge in [-0.15, -0.1) is 0 Å². The Labute approximate surface area is 130 Å². The van der Waals surface area contributed by atoms with Crippen molar-refractivity contribution < 1.29 is 9.53 Å².